The fourth-order valence-corrected chi connectivity index (χ4v) is 7.82. The van der Waals surface area contributed by atoms with E-state index in [-0.39, 0.29) is 27.4 Å². The zero-order chi connectivity index (χ0) is 26.7. The molecule has 3 aliphatic rings. The summed E-state index contributed by atoms with van der Waals surface area (Å²) in [7, 11) is -4.58. The van der Waals surface area contributed by atoms with Gasteiger partial charge >= 0.3 is 0 Å². The third kappa shape index (κ3) is 4.37. The van der Waals surface area contributed by atoms with Gasteiger partial charge in [-0.3, -0.25) is 24.6 Å². The lowest BCUT2D eigenvalue weighted by molar-refractivity contribution is -0.166. The quantitative estimate of drug-likeness (QED) is 0.547. The van der Waals surface area contributed by atoms with Gasteiger partial charge in [-0.25, -0.2) is 12.8 Å². The smallest absolute Gasteiger partial charge is 0.246 e. The highest BCUT2D eigenvalue weighted by Gasteiger charge is 2.64. The Hall–Kier alpha value is -2.73. The molecular formula is C24H23Cl2FN4O5S. The van der Waals surface area contributed by atoms with Crippen molar-refractivity contribution < 1.29 is 27.2 Å². The van der Waals surface area contributed by atoms with E-state index in [0.717, 1.165) is 4.90 Å². The average Bonchev–Trinajstić information content (AvgIpc) is 3.67. The molecule has 2 aromatic rings. The maximum Gasteiger partial charge on any atom is 0.246 e. The van der Waals surface area contributed by atoms with Crippen LogP contribution in [0.5, 0.6) is 0 Å². The minimum atomic E-state index is -4.58. The van der Waals surface area contributed by atoms with E-state index in [1.807, 2.05) is 0 Å². The maximum absolute atomic E-state index is 14.4. The van der Waals surface area contributed by atoms with Crippen LogP contribution >= 0.6 is 23.2 Å². The number of piperazine rings is 1. The van der Waals surface area contributed by atoms with Crippen molar-refractivity contribution >= 4 is 50.8 Å². The van der Waals surface area contributed by atoms with Gasteiger partial charge < -0.3 is 10.6 Å². The van der Waals surface area contributed by atoms with Crippen LogP contribution in [0.3, 0.4) is 0 Å². The number of primary amides is 1. The van der Waals surface area contributed by atoms with Gasteiger partial charge in [0.15, 0.2) is 0 Å². The summed E-state index contributed by atoms with van der Waals surface area (Å²) >= 11 is 12.3. The molecule has 9 nitrogen and oxygen atoms in total. The third-order valence-corrected chi connectivity index (χ3v) is 9.93. The number of halogens is 3. The molecule has 2 aromatic carbocycles. The van der Waals surface area contributed by atoms with Gasteiger partial charge in [-0.1, -0.05) is 35.3 Å². The SMILES string of the molecule is NC(=O)C1CC(=O)N2C(Cc3ccc(F)cc3)C(=O)N(C3CC3)CC2(S(=O)(=O)c2ccc(Cl)cc2Cl)N1. The molecule has 2 heterocycles. The number of nitrogens with two attached hydrogens (primary N) is 1. The van der Waals surface area contributed by atoms with Crippen molar-refractivity contribution in [1.29, 1.82) is 0 Å². The Morgan fingerprint density at radius 1 is 1.14 bits per heavy atom. The Bertz CT molecular complexity index is 1400. The van der Waals surface area contributed by atoms with E-state index in [2.05, 4.69) is 5.32 Å². The lowest BCUT2D eigenvalue weighted by atomic mass is 9.95. The summed E-state index contributed by atoms with van der Waals surface area (Å²) in [6.07, 6.45) is 0.834. The van der Waals surface area contributed by atoms with Crippen LogP contribution < -0.4 is 11.1 Å². The van der Waals surface area contributed by atoms with E-state index < -0.39 is 63.4 Å². The second kappa shape index (κ2) is 9.23. The highest BCUT2D eigenvalue weighted by atomic mass is 35.5. The lowest BCUT2D eigenvalue weighted by Gasteiger charge is -2.56. The van der Waals surface area contributed by atoms with Crippen molar-refractivity contribution in [2.75, 3.05) is 6.54 Å². The molecule has 196 valence electrons. The van der Waals surface area contributed by atoms with Crippen molar-refractivity contribution in [2.45, 2.75) is 53.7 Å². The van der Waals surface area contributed by atoms with Gasteiger partial charge in [-0.05, 0) is 48.7 Å². The molecule has 3 fully saturated rings. The minimum Gasteiger partial charge on any atom is -0.368 e. The van der Waals surface area contributed by atoms with Gasteiger partial charge in [0.2, 0.25) is 32.6 Å². The second-order valence-electron chi connectivity index (χ2n) is 9.47. The van der Waals surface area contributed by atoms with Crippen LogP contribution in [0.1, 0.15) is 24.8 Å². The third-order valence-electron chi connectivity index (χ3n) is 7.00. The number of sulfone groups is 1. The average molecular weight is 569 g/mol. The second-order valence-corrected chi connectivity index (χ2v) is 12.4. The van der Waals surface area contributed by atoms with E-state index in [4.69, 9.17) is 28.9 Å². The Balaban J connectivity index is 1.71. The number of nitrogens with one attached hydrogen (secondary N) is 1. The summed E-state index contributed by atoms with van der Waals surface area (Å²) < 4.78 is 42.4. The Kier molecular flexibility index (Phi) is 6.46. The topological polar surface area (TPSA) is 130 Å². The molecular weight excluding hydrogens is 546 g/mol. The predicted octanol–water partition coefficient (Wildman–Crippen LogP) is 1.85. The summed E-state index contributed by atoms with van der Waals surface area (Å²) in [6, 6.07) is 6.45. The first-order valence-corrected chi connectivity index (χ1v) is 13.8. The highest BCUT2D eigenvalue weighted by Crippen LogP contribution is 2.43. The normalized spacial score (nSPS) is 26.2. The first kappa shape index (κ1) is 25.9. The van der Waals surface area contributed by atoms with Crippen LogP contribution in [0.2, 0.25) is 10.0 Å². The number of rotatable bonds is 6. The highest BCUT2D eigenvalue weighted by molar-refractivity contribution is 7.93. The summed E-state index contributed by atoms with van der Waals surface area (Å²) in [6.45, 7) is -0.423. The van der Waals surface area contributed by atoms with Gasteiger partial charge in [0.1, 0.15) is 11.9 Å². The van der Waals surface area contributed by atoms with Crippen molar-refractivity contribution in [1.82, 2.24) is 15.1 Å². The summed E-state index contributed by atoms with van der Waals surface area (Å²) in [5.41, 5.74) is 6.05. The van der Waals surface area contributed by atoms with Crippen LogP contribution in [0, 0.1) is 5.82 Å². The number of hydrogen-bond acceptors (Lipinski definition) is 6. The molecule has 0 radical (unpaired) electrons. The van der Waals surface area contributed by atoms with Crippen LogP contribution in [-0.4, -0.2) is 65.6 Å². The summed E-state index contributed by atoms with van der Waals surface area (Å²) in [4.78, 5) is 39.4. The van der Waals surface area contributed by atoms with E-state index in [1.54, 1.807) is 0 Å². The van der Waals surface area contributed by atoms with E-state index in [1.165, 1.54) is 47.4 Å². The van der Waals surface area contributed by atoms with Gasteiger partial charge in [0.05, 0.1) is 28.9 Å². The fourth-order valence-electron chi connectivity index (χ4n) is 5.08. The van der Waals surface area contributed by atoms with Gasteiger partial charge in [0.25, 0.3) is 0 Å². The summed E-state index contributed by atoms with van der Waals surface area (Å²) in [5, 5.41) is 2.86. The number of nitrogens with zero attached hydrogens (tertiary/aromatic N) is 2. The Labute approximate surface area is 222 Å². The van der Waals surface area contributed by atoms with Crippen LogP contribution in [-0.2, 0) is 30.6 Å². The molecule has 0 spiro atoms. The largest absolute Gasteiger partial charge is 0.368 e. The molecule has 1 aliphatic carbocycles. The Morgan fingerprint density at radius 2 is 1.81 bits per heavy atom. The molecule has 37 heavy (non-hydrogen) atoms. The van der Waals surface area contributed by atoms with Crippen LogP contribution in [0.15, 0.2) is 47.4 Å². The van der Waals surface area contributed by atoms with Crippen molar-refractivity contribution in [3.05, 3.63) is 63.9 Å². The molecule has 3 N–H and O–H groups in total. The monoisotopic (exact) mass is 568 g/mol. The standard InChI is InChI=1S/C24H23Cl2FN4O5S/c25-14-3-8-20(17(26)10-14)37(35,36)24-12-30(16-6-7-16)23(34)19(9-13-1-4-15(27)5-2-13)31(24)21(32)11-18(29-24)22(28)33/h1-5,8,10,16,18-19,29H,6-7,9,11-12H2,(H2,28,33). The van der Waals surface area contributed by atoms with Crippen molar-refractivity contribution in [3.63, 3.8) is 0 Å². The minimum absolute atomic E-state index is 0.0669. The molecule has 3 unspecified atom stereocenters. The van der Waals surface area contributed by atoms with E-state index in [0.29, 0.717) is 18.4 Å². The zero-order valence-electron chi connectivity index (χ0n) is 19.4. The van der Waals surface area contributed by atoms with Crippen molar-refractivity contribution in [3.8, 4) is 0 Å². The molecule has 2 saturated heterocycles. The molecule has 5 rings (SSSR count). The molecule has 2 aliphatic heterocycles. The van der Waals surface area contributed by atoms with Gasteiger partial charge in [0, 0.05) is 17.5 Å². The maximum atomic E-state index is 14.4. The number of carbonyl (C=O) groups excluding carboxylic acids is 3. The van der Waals surface area contributed by atoms with Crippen LogP contribution in [0.4, 0.5) is 4.39 Å². The van der Waals surface area contributed by atoms with E-state index in [9.17, 15) is 27.2 Å². The number of fused-ring (bicyclic) bond motifs is 1. The van der Waals surface area contributed by atoms with Gasteiger partial charge in [-0.2, -0.15) is 0 Å². The van der Waals surface area contributed by atoms with Crippen molar-refractivity contribution in [2.24, 2.45) is 5.73 Å². The fraction of sp³-hybridized carbons (Fsp3) is 0.375. The zero-order valence-corrected chi connectivity index (χ0v) is 21.7. The number of amides is 3. The lowest BCUT2D eigenvalue weighted by Crippen LogP contribution is -2.82. The molecule has 0 aromatic heterocycles. The summed E-state index contributed by atoms with van der Waals surface area (Å²) in [5.74, 6) is -2.54. The van der Waals surface area contributed by atoms with Crippen LogP contribution in [0.25, 0.3) is 0 Å². The molecule has 3 atom stereocenters. The molecule has 13 heteroatoms. The first-order valence-electron chi connectivity index (χ1n) is 11.6. The number of hydrogen-bond donors (Lipinski definition) is 2. The molecule has 1 saturated carbocycles. The first-order chi connectivity index (χ1) is 17.4. The Morgan fingerprint density at radius 3 is 2.41 bits per heavy atom. The molecule has 0 bridgehead atoms. The number of carbonyl (C=O) groups is 3. The predicted molar refractivity (Wildman–Crippen MR) is 133 cm³/mol. The molecule has 3 amide bonds. The van der Waals surface area contributed by atoms with E-state index >= 15 is 0 Å². The number of benzene rings is 2. The van der Waals surface area contributed by atoms with Gasteiger partial charge in [-0.15, -0.1) is 0 Å².